The zero-order valence-corrected chi connectivity index (χ0v) is 11.8. The third-order valence-electron chi connectivity index (χ3n) is 3.07. The molecule has 1 aromatic carbocycles. The Balaban J connectivity index is 2.10. The number of unbranched alkanes of at least 4 members (excludes halogenated alkanes) is 5. The van der Waals surface area contributed by atoms with Crippen LogP contribution in [0.3, 0.4) is 0 Å². The van der Waals surface area contributed by atoms with E-state index >= 15 is 0 Å². The minimum absolute atomic E-state index is 0.0805. The molecule has 0 aromatic heterocycles. The van der Waals surface area contributed by atoms with Crippen molar-refractivity contribution in [1.29, 1.82) is 0 Å². The fraction of sp³-hybridized carbons (Fsp3) is 0.412. The molecule has 0 unspecified atom stereocenters. The van der Waals surface area contributed by atoms with Crippen LogP contribution in [0.25, 0.3) is 6.08 Å². The van der Waals surface area contributed by atoms with Gasteiger partial charge in [-0.15, -0.1) is 0 Å². The lowest BCUT2D eigenvalue weighted by atomic mass is 10.1. The number of benzene rings is 1. The van der Waals surface area contributed by atoms with Gasteiger partial charge in [0.2, 0.25) is 0 Å². The molecule has 20 heavy (non-hydrogen) atoms. The maximum atomic E-state index is 9.36. The van der Waals surface area contributed by atoms with E-state index in [1.165, 1.54) is 25.3 Å². The van der Waals surface area contributed by atoms with E-state index in [2.05, 4.69) is 6.08 Å². The molecule has 0 heterocycles. The third kappa shape index (κ3) is 7.00. The quantitative estimate of drug-likeness (QED) is 0.363. The highest BCUT2D eigenvalue weighted by Gasteiger charge is 1.97. The summed E-state index contributed by atoms with van der Waals surface area (Å²) in [7, 11) is 0. The summed E-state index contributed by atoms with van der Waals surface area (Å²) in [5.41, 5.74) is 0.898. The molecular formula is C17H24O3. The van der Waals surface area contributed by atoms with Crippen molar-refractivity contribution < 1.29 is 15.3 Å². The predicted octanol–water partition coefficient (Wildman–Crippen LogP) is 4.00. The number of phenolic OH excluding ortho intramolecular Hbond substituents is 2. The van der Waals surface area contributed by atoms with Crippen molar-refractivity contribution >= 4 is 6.08 Å². The summed E-state index contributed by atoms with van der Waals surface area (Å²) in [6, 6.07) is 4.83. The molecule has 110 valence electrons. The van der Waals surface area contributed by atoms with E-state index in [4.69, 9.17) is 5.11 Å². The largest absolute Gasteiger partial charge is 0.504 e. The van der Waals surface area contributed by atoms with E-state index < -0.39 is 0 Å². The molecule has 0 radical (unpaired) electrons. The molecule has 0 fully saturated rings. The van der Waals surface area contributed by atoms with Gasteiger partial charge in [-0.3, -0.25) is 0 Å². The monoisotopic (exact) mass is 276 g/mol. The van der Waals surface area contributed by atoms with E-state index in [-0.39, 0.29) is 18.1 Å². The van der Waals surface area contributed by atoms with Gasteiger partial charge in [-0.25, -0.2) is 0 Å². The summed E-state index contributed by atoms with van der Waals surface area (Å²) in [4.78, 5) is 0. The molecule has 0 saturated carbocycles. The van der Waals surface area contributed by atoms with Gasteiger partial charge in [-0.05, 0) is 43.4 Å². The van der Waals surface area contributed by atoms with Crippen LogP contribution in [0.4, 0.5) is 0 Å². The summed E-state index contributed by atoms with van der Waals surface area (Å²) >= 11 is 0. The lowest BCUT2D eigenvalue weighted by Gasteiger charge is -1.99. The highest BCUT2D eigenvalue weighted by atomic mass is 16.3. The first kappa shape index (κ1) is 16.3. The van der Waals surface area contributed by atoms with Gasteiger partial charge in [0, 0.05) is 0 Å². The van der Waals surface area contributed by atoms with Gasteiger partial charge in [0.15, 0.2) is 11.5 Å². The maximum absolute atomic E-state index is 9.36. The molecule has 0 atom stereocenters. The van der Waals surface area contributed by atoms with Crippen molar-refractivity contribution in [1.82, 2.24) is 0 Å². The van der Waals surface area contributed by atoms with Crippen LogP contribution in [0.1, 0.15) is 44.1 Å². The first-order valence-electron chi connectivity index (χ1n) is 7.18. The molecule has 3 nitrogen and oxygen atoms in total. The smallest absolute Gasteiger partial charge is 0.157 e. The second-order valence-electron chi connectivity index (χ2n) is 4.80. The number of hydrogen-bond acceptors (Lipinski definition) is 3. The number of hydrogen-bond donors (Lipinski definition) is 3. The molecule has 3 heteroatoms. The molecule has 1 rings (SSSR count). The first-order valence-corrected chi connectivity index (χ1v) is 7.18. The highest BCUT2D eigenvalue weighted by molar-refractivity contribution is 5.54. The van der Waals surface area contributed by atoms with Gasteiger partial charge in [0.25, 0.3) is 0 Å². The molecule has 3 N–H and O–H groups in total. The van der Waals surface area contributed by atoms with Crippen molar-refractivity contribution in [3.63, 3.8) is 0 Å². The van der Waals surface area contributed by atoms with Crippen molar-refractivity contribution in [2.45, 2.75) is 38.5 Å². The van der Waals surface area contributed by atoms with E-state index in [0.717, 1.165) is 24.8 Å². The molecule has 0 bridgehead atoms. The Bertz CT molecular complexity index is 436. The highest BCUT2D eigenvalue weighted by Crippen LogP contribution is 2.25. The van der Waals surface area contributed by atoms with Crippen LogP contribution in [-0.2, 0) is 0 Å². The summed E-state index contributed by atoms with van der Waals surface area (Å²) in [5, 5.41) is 27.1. The normalized spacial score (nSPS) is 11.7. The van der Waals surface area contributed by atoms with Gasteiger partial charge in [-0.2, -0.15) is 0 Å². The van der Waals surface area contributed by atoms with Crippen LogP contribution in [0.2, 0.25) is 0 Å². The number of aromatic hydroxyl groups is 2. The van der Waals surface area contributed by atoms with Crippen LogP contribution in [0.5, 0.6) is 11.5 Å². The van der Waals surface area contributed by atoms with Gasteiger partial charge in [0.1, 0.15) is 0 Å². The van der Waals surface area contributed by atoms with Crippen LogP contribution < -0.4 is 0 Å². The maximum Gasteiger partial charge on any atom is 0.157 e. The molecule has 0 aliphatic heterocycles. The Morgan fingerprint density at radius 3 is 2.15 bits per heavy atom. The van der Waals surface area contributed by atoms with E-state index in [0.29, 0.717) is 0 Å². The fourth-order valence-corrected chi connectivity index (χ4v) is 1.93. The topological polar surface area (TPSA) is 60.7 Å². The van der Waals surface area contributed by atoms with Gasteiger partial charge < -0.3 is 15.3 Å². The van der Waals surface area contributed by atoms with Crippen molar-refractivity contribution in [2.75, 3.05) is 6.61 Å². The Morgan fingerprint density at radius 1 is 0.800 bits per heavy atom. The van der Waals surface area contributed by atoms with Crippen LogP contribution in [0, 0.1) is 0 Å². The standard InChI is InChI=1S/C17H24O3/c18-13-9-7-5-3-1-2-4-6-8-10-15-11-12-16(19)17(20)14-15/h7-12,14,18-20H,1-6,13H2. The lowest BCUT2D eigenvalue weighted by Crippen LogP contribution is -1.78. The van der Waals surface area contributed by atoms with E-state index in [9.17, 15) is 10.2 Å². The van der Waals surface area contributed by atoms with E-state index in [1.54, 1.807) is 18.2 Å². The summed E-state index contributed by atoms with van der Waals surface area (Å²) in [6.45, 7) is 0.137. The Kier molecular flexibility index (Phi) is 8.24. The first-order chi connectivity index (χ1) is 9.74. The average Bonchev–Trinajstić information content (AvgIpc) is 2.45. The number of aliphatic hydroxyl groups is 1. The molecule has 0 saturated heterocycles. The number of allylic oxidation sites excluding steroid dienone is 2. The predicted molar refractivity (Wildman–Crippen MR) is 82.7 cm³/mol. The molecule has 0 amide bonds. The number of phenols is 2. The average molecular weight is 276 g/mol. The van der Waals surface area contributed by atoms with Crippen molar-refractivity contribution in [3.8, 4) is 11.5 Å². The Hall–Kier alpha value is -1.74. The second-order valence-corrected chi connectivity index (χ2v) is 4.80. The third-order valence-corrected chi connectivity index (χ3v) is 3.07. The second kappa shape index (κ2) is 10.1. The van der Waals surface area contributed by atoms with Crippen LogP contribution >= 0.6 is 0 Å². The van der Waals surface area contributed by atoms with Crippen molar-refractivity contribution in [3.05, 3.63) is 42.0 Å². The summed E-state index contributed by atoms with van der Waals surface area (Å²) < 4.78 is 0. The van der Waals surface area contributed by atoms with Gasteiger partial charge >= 0.3 is 0 Å². The van der Waals surface area contributed by atoms with Crippen molar-refractivity contribution in [2.24, 2.45) is 0 Å². The summed E-state index contributed by atoms with van der Waals surface area (Å²) in [5.74, 6) is -0.166. The Morgan fingerprint density at radius 2 is 1.50 bits per heavy atom. The van der Waals surface area contributed by atoms with Crippen LogP contribution in [-0.4, -0.2) is 21.9 Å². The zero-order valence-electron chi connectivity index (χ0n) is 11.8. The zero-order chi connectivity index (χ0) is 14.6. The van der Waals surface area contributed by atoms with E-state index in [1.807, 2.05) is 12.2 Å². The number of aliphatic hydroxyl groups excluding tert-OH is 1. The molecule has 0 aliphatic rings. The SMILES string of the molecule is OCC=CCCCCCCC=Cc1ccc(O)c(O)c1. The fourth-order valence-electron chi connectivity index (χ4n) is 1.93. The van der Waals surface area contributed by atoms with Gasteiger partial charge in [-0.1, -0.05) is 43.2 Å². The molecule has 0 spiro atoms. The molecular weight excluding hydrogens is 252 g/mol. The minimum atomic E-state index is -0.0857. The van der Waals surface area contributed by atoms with Crippen LogP contribution in [0.15, 0.2) is 36.4 Å². The lowest BCUT2D eigenvalue weighted by molar-refractivity contribution is 0.342. The number of rotatable bonds is 9. The Labute approximate surface area is 120 Å². The molecule has 0 aliphatic carbocycles. The molecule has 1 aromatic rings. The summed E-state index contributed by atoms with van der Waals surface area (Å²) in [6.07, 6.45) is 14.7. The minimum Gasteiger partial charge on any atom is -0.504 e. The van der Waals surface area contributed by atoms with Gasteiger partial charge in [0.05, 0.1) is 6.61 Å².